The lowest BCUT2D eigenvalue weighted by Gasteiger charge is -2.44. The van der Waals surface area contributed by atoms with Crippen LogP contribution in [-0.4, -0.2) is 16.5 Å². The first-order chi connectivity index (χ1) is 10.1. The van der Waals surface area contributed by atoms with Gasteiger partial charge in [-0.2, -0.15) is 0 Å². The molecule has 1 rings (SSSR count). The Kier molecular flexibility index (Phi) is 5.69. The number of esters is 1. The Balaban J connectivity index is 3.08. The molecule has 0 aliphatic carbocycles. The zero-order valence-electron chi connectivity index (χ0n) is 14.1. The SMILES string of the molecule is CC(C)C(OC(=O)c1ccc([N+](=O)[O-])cc1)(C(C)C)C(C)C. The van der Waals surface area contributed by atoms with E-state index in [4.69, 9.17) is 4.74 Å². The summed E-state index contributed by atoms with van der Waals surface area (Å²) in [5.74, 6) is 0.0458. The summed E-state index contributed by atoms with van der Waals surface area (Å²) in [7, 11) is 0. The van der Waals surface area contributed by atoms with Crippen molar-refractivity contribution in [2.24, 2.45) is 17.8 Å². The summed E-state index contributed by atoms with van der Waals surface area (Å²) in [6.45, 7) is 12.3. The summed E-state index contributed by atoms with van der Waals surface area (Å²) in [6.07, 6.45) is 0. The molecule has 5 nitrogen and oxygen atoms in total. The van der Waals surface area contributed by atoms with Crippen LogP contribution in [0.15, 0.2) is 24.3 Å². The molecule has 122 valence electrons. The van der Waals surface area contributed by atoms with Crippen LogP contribution in [0.5, 0.6) is 0 Å². The number of ether oxygens (including phenoxy) is 1. The first-order valence-electron chi connectivity index (χ1n) is 7.60. The van der Waals surface area contributed by atoms with Gasteiger partial charge in [-0.15, -0.1) is 0 Å². The van der Waals surface area contributed by atoms with E-state index in [0.29, 0.717) is 5.56 Å². The standard InChI is InChI=1S/C17H25NO4/c1-11(2)17(12(3)4,13(5)6)22-16(19)14-7-9-15(10-8-14)18(20)21/h7-13H,1-6H3. The zero-order chi connectivity index (χ0) is 17.1. The lowest BCUT2D eigenvalue weighted by atomic mass is 9.72. The minimum absolute atomic E-state index is 0.0422. The van der Waals surface area contributed by atoms with Crippen molar-refractivity contribution >= 4 is 11.7 Å². The normalized spacial score (nSPS) is 12.0. The maximum Gasteiger partial charge on any atom is 0.338 e. The highest BCUT2D eigenvalue weighted by Crippen LogP contribution is 2.38. The molecule has 0 aliphatic rings. The Hall–Kier alpha value is -1.91. The highest BCUT2D eigenvalue weighted by molar-refractivity contribution is 5.90. The lowest BCUT2D eigenvalue weighted by molar-refractivity contribution is -0.384. The van der Waals surface area contributed by atoms with Crippen molar-refractivity contribution in [1.29, 1.82) is 0 Å². The molecule has 0 N–H and O–H groups in total. The Morgan fingerprint density at radius 2 is 1.41 bits per heavy atom. The largest absolute Gasteiger partial charge is 0.455 e. The number of hydrogen-bond donors (Lipinski definition) is 0. The molecule has 0 unspecified atom stereocenters. The zero-order valence-corrected chi connectivity index (χ0v) is 14.1. The van der Waals surface area contributed by atoms with Crippen molar-refractivity contribution in [2.75, 3.05) is 0 Å². The van der Waals surface area contributed by atoms with E-state index in [0.717, 1.165) is 0 Å². The molecule has 0 aliphatic heterocycles. The predicted molar refractivity (Wildman–Crippen MR) is 85.8 cm³/mol. The molecule has 0 saturated carbocycles. The molecule has 1 aromatic carbocycles. The number of nitro groups is 1. The topological polar surface area (TPSA) is 69.4 Å². The molecule has 0 heterocycles. The second-order valence-electron chi connectivity index (χ2n) is 6.51. The molecule has 22 heavy (non-hydrogen) atoms. The van der Waals surface area contributed by atoms with Crippen LogP contribution in [0.4, 0.5) is 5.69 Å². The first-order valence-corrected chi connectivity index (χ1v) is 7.60. The maximum atomic E-state index is 12.5. The Labute approximate surface area is 131 Å². The smallest absolute Gasteiger partial charge is 0.338 e. The number of rotatable bonds is 6. The van der Waals surface area contributed by atoms with Crippen LogP contribution in [0.3, 0.4) is 0 Å². The number of non-ortho nitro benzene ring substituents is 1. The molecule has 0 saturated heterocycles. The second kappa shape index (κ2) is 6.90. The van der Waals surface area contributed by atoms with Crippen molar-refractivity contribution in [3.63, 3.8) is 0 Å². The van der Waals surface area contributed by atoms with Crippen LogP contribution >= 0.6 is 0 Å². The number of benzene rings is 1. The maximum absolute atomic E-state index is 12.5. The van der Waals surface area contributed by atoms with Gasteiger partial charge in [-0.1, -0.05) is 41.5 Å². The van der Waals surface area contributed by atoms with E-state index in [9.17, 15) is 14.9 Å². The quantitative estimate of drug-likeness (QED) is 0.442. The average Bonchev–Trinajstić information content (AvgIpc) is 2.43. The third kappa shape index (κ3) is 3.46. The third-order valence-corrected chi connectivity index (χ3v) is 4.29. The number of carbonyl (C=O) groups is 1. The van der Waals surface area contributed by atoms with Crippen LogP contribution in [0.25, 0.3) is 0 Å². The Morgan fingerprint density at radius 1 is 1.00 bits per heavy atom. The van der Waals surface area contributed by atoms with Crippen LogP contribution in [0.2, 0.25) is 0 Å². The van der Waals surface area contributed by atoms with Crippen molar-refractivity contribution in [3.8, 4) is 0 Å². The van der Waals surface area contributed by atoms with Gasteiger partial charge in [-0.3, -0.25) is 10.1 Å². The highest BCUT2D eigenvalue weighted by Gasteiger charge is 2.44. The monoisotopic (exact) mass is 307 g/mol. The van der Waals surface area contributed by atoms with Crippen molar-refractivity contribution in [2.45, 2.75) is 47.1 Å². The molecule has 0 fully saturated rings. The molecular weight excluding hydrogens is 282 g/mol. The van der Waals surface area contributed by atoms with E-state index >= 15 is 0 Å². The minimum atomic E-state index is -0.571. The van der Waals surface area contributed by atoms with Crippen molar-refractivity contribution in [1.82, 2.24) is 0 Å². The van der Waals surface area contributed by atoms with E-state index < -0.39 is 16.5 Å². The van der Waals surface area contributed by atoms with Gasteiger partial charge in [-0.25, -0.2) is 4.79 Å². The molecule has 0 radical (unpaired) electrons. The summed E-state index contributed by atoms with van der Waals surface area (Å²) in [5.41, 5.74) is -0.282. The second-order valence-corrected chi connectivity index (χ2v) is 6.51. The van der Waals surface area contributed by atoms with E-state index in [1.807, 2.05) is 41.5 Å². The summed E-state index contributed by atoms with van der Waals surface area (Å²) < 4.78 is 5.90. The summed E-state index contributed by atoms with van der Waals surface area (Å²) >= 11 is 0. The molecule has 1 aromatic rings. The van der Waals surface area contributed by atoms with Gasteiger partial charge in [0.25, 0.3) is 5.69 Å². The van der Waals surface area contributed by atoms with Gasteiger partial charge in [0.2, 0.25) is 0 Å². The summed E-state index contributed by atoms with van der Waals surface area (Å²) in [4.78, 5) is 22.6. The van der Waals surface area contributed by atoms with E-state index in [-0.39, 0.29) is 23.4 Å². The number of hydrogen-bond acceptors (Lipinski definition) is 4. The molecule has 0 atom stereocenters. The minimum Gasteiger partial charge on any atom is -0.455 e. The highest BCUT2D eigenvalue weighted by atomic mass is 16.6. The number of nitrogens with zero attached hydrogens (tertiary/aromatic N) is 1. The third-order valence-electron chi connectivity index (χ3n) is 4.29. The van der Waals surface area contributed by atoms with E-state index in [1.165, 1.54) is 24.3 Å². The van der Waals surface area contributed by atoms with Crippen molar-refractivity contribution < 1.29 is 14.5 Å². The Morgan fingerprint density at radius 3 is 1.73 bits per heavy atom. The van der Waals surface area contributed by atoms with Gasteiger partial charge in [0.1, 0.15) is 5.60 Å². The summed E-state index contributed by atoms with van der Waals surface area (Å²) in [5, 5.41) is 10.7. The van der Waals surface area contributed by atoms with Gasteiger partial charge in [-0.05, 0) is 29.9 Å². The van der Waals surface area contributed by atoms with Crippen LogP contribution < -0.4 is 0 Å². The fraction of sp³-hybridized carbons (Fsp3) is 0.588. The Bertz CT molecular complexity index is 510. The van der Waals surface area contributed by atoms with Crippen LogP contribution in [0.1, 0.15) is 51.9 Å². The van der Waals surface area contributed by atoms with Gasteiger partial charge < -0.3 is 4.74 Å². The fourth-order valence-corrected chi connectivity index (χ4v) is 3.29. The van der Waals surface area contributed by atoms with Crippen LogP contribution in [-0.2, 0) is 4.74 Å². The number of nitro benzene ring substituents is 1. The van der Waals surface area contributed by atoms with Crippen LogP contribution in [0, 0.1) is 27.9 Å². The first kappa shape index (κ1) is 18.1. The lowest BCUT2D eigenvalue weighted by Crippen LogP contribution is -2.49. The average molecular weight is 307 g/mol. The fourth-order valence-electron chi connectivity index (χ4n) is 3.29. The van der Waals surface area contributed by atoms with E-state index in [2.05, 4.69) is 0 Å². The van der Waals surface area contributed by atoms with Gasteiger partial charge in [0.05, 0.1) is 10.5 Å². The molecule has 0 amide bonds. The van der Waals surface area contributed by atoms with Crippen molar-refractivity contribution in [3.05, 3.63) is 39.9 Å². The van der Waals surface area contributed by atoms with Gasteiger partial charge in [0, 0.05) is 12.1 Å². The number of carbonyl (C=O) groups excluding carboxylic acids is 1. The molecule has 5 heteroatoms. The molecule has 0 spiro atoms. The molecule has 0 aromatic heterocycles. The summed E-state index contributed by atoms with van der Waals surface area (Å²) in [6, 6.07) is 5.51. The van der Waals surface area contributed by atoms with Gasteiger partial charge >= 0.3 is 5.97 Å². The van der Waals surface area contributed by atoms with Gasteiger partial charge in [0.15, 0.2) is 0 Å². The molecule has 0 bridgehead atoms. The predicted octanol–water partition coefficient (Wildman–Crippen LogP) is 4.46. The molecular formula is C17H25NO4. The van der Waals surface area contributed by atoms with E-state index in [1.54, 1.807) is 0 Å².